The fraction of sp³-hybridized carbons (Fsp3) is 0.619. The molecule has 0 aromatic heterocycles. The normalized spacial score (nSPS) is 10.2. The predicted octanol–water partition coefficient (Wildman–Crippen LogP) is 4.95. The van der Waals surface area contributed by atoms with Gasteiger partial charge in [-0.3, -0.25) is 4.79 Å². The molecule has 5 nitrogen and oxygen atoms in total. The highest BCUT2D eigenvalue weighted by atomic mass is 16.6. The topological polar surface area (TPSA) is 67.4 Å². The maximum atomic E-state index is 11.5. The van der Waals surface area contributed by atoms with Gasteiger partial charge < -0.3 is 15.4 Å². The second-order valence-electron chi connectivity index (χ2n) is 6.35. The van der Waals surface area contributed by atoms with Gasteiger partial charge in [-0.2, -0.15) is 0 Å². The molecule has 5 heteroatoms. The third-order valence-electron chi connectivity index (χ3n) is 2.27. The SMILES string of the molecule is CC.CC(Cc1ccccc1)NC(=O)OC(C)(C)C.CCC.CNC=O. The van der Waals surface area contributed by atoms with Crippen molar-refractivity contribution >= 4 is 12.5 Å². The van der Waals surface area contributed by atoms with Crippen molar-refractivity contribution in [2.45, 2.75) is 79.9 Å². The minimum absolute atomic E-state index is 0.0623. The molecule has 0 aliphatic heterocycles. The Kier molecular flexibility index (Phi) is 21.3. The molecule has 1 atom stereocenters. The minimum atomic E-state index is -0.448. The molecule has 0 bridgehead atoms. The number of hydrogen-bond donors (Lipinski definition) is 2. The summed E-state index contributed by atoms with van der Waals surface area (Å²) >= 11 is 0. The van der Waals surface area contributed by atoms with Crippen LogP contribution in [0.4, 0.5) is 4.79 Å². The number of hydrogen-bond acceptors (Lipinski definition) is 3. The summed E-state index contributed by atoms with van der Waals surface area (Å²) in [4.78, 5) is 20.6. The minimum Gasteiger partial charge on any atom is -0.444 e. The van der Waals surface area contributed by atoms with E-state index >= 15 is 0 Å². The smallest absolute Gasteiger partial charge is 0.407 e. The summed E-state index contributed by atoms with van der Waals surface area (Å²) in [5.41, 5.74) is 0.757. The molecule has 0 saturated carbocycles. The van der Waals surface area contributed by atoms with E-state index in [9.17, 15) is 4.79 Å². The van der Waals surface area contributed by atoms with E-state index in [1.54, 1.807) is 7.05 Å². The van der Waals surface area contributed by atoms with Gasteiger partial charge in [0.1, 0.15) is 5.60 Å². The molecular weight excluding hydrogens is 328 g/mol. The van der Waals surface area contributed by atoms with Crippen LogP contribution in [0.15, 0.2) is 30.3 Å². The Balaban J connectivity index is -0.000000495. The number of amides is 2. The number of carbonyl (C=O) groups excluding carboxylic acids is 2. The zero-order valence-electron chi connectivity index (χ0n) is 18.2. The molecule has 0 fully saturated rings. The molecule has 0 saturated heterocycles. The van der Waals surface area contributed by atoms with Crippen LogP contribution in [0, 0.1) is 0 Å². The number of rotatable bonds is 4. The molecule has 2 N–H and O–H groups in total. The lowest BCUT2D eigenvalue weighted by atomic mass is 10.1. The second kappa shape index (κ2) is 19.3. The van der Waals surface area contributed by atoms with Gasteiger partial charge in [0, 0.05) is 13.1 Å². The molecule has 0 radical (unpaired) electrons. The first-order chi connectivity index (χ1) is 12.2. The average Bonchev–Trinajstić information content (AvgIpc) is 2.56. The van der Waals surface area contributed by atoms with Gasteiger partial charge in [0.2, 0.25) is 6.41 Å². The van der Waals surface area contributed by atoms with E-state index < -0.39 is 5.60 Å². The van der Waals surface area contributed by atoms with Gasteiger partial charge in [-0.15, -0.1) is 0 Å². The maximum absolute atomic E-state index is 11.5. The molecule has 0 aliphatic rings. The first kappa shape index (κ1) is 28.8. The van der Waals surface area contributed by atoms with Crippen LogP contribution in [0.2, 0.25) is 0 Å². The van der Waals surface area contributed by atoms with E-state index in [1.165, 1.54) is 12.0 Å². The summed E-state index contributed by atoms with van der Waals surface area (Å²) in [6.07, 6.45) is 2.32. The maximum Gasteiger partial charge on any atom is 0.407 e. The van der Waals surface area contributed by atoms with E-state index in [2.05, 4.69) is 24.5 Å². The quantitative estimate of drug-likeness (QED) is 0.739. The lowest BCUT2D eigenvalue weighted by Crippen LogP contribution is -2.38. The molecule has 26 heavy (non-hydrogen) atoms. The Bertz CT molecular complexity index is 429. The summed E-state index contributed by atoms with van der Waals surface area (Å²) in [5, 5.41) is 5.07. The highest BCUT2D eigenvalue weighted by Crippen LogP contribution is 2.08. The summed E-state index contributed by atoms with van der Waals surface area (Å²) in [6, 6.07) is 10.1. The molecule has 1 aromatic carbocycles. The monoisotopic (exact) mass is 368 g/mol. The first-order valence-corrected chi connectivity index (χ1v) is 9.34. The summed E-state index contributed by atoms with van der Waals surface area (Å²) in [5.74, 6) is 0. The molecule has 0 spiro atoms. The zero-order chi connectivity index (χ0) is 21.0. The molecule has 1 unspecified atom stereocenters. The van der Waals surface area contributed by atoms with Crippen molar-refractivity contribution in [1.82, 2.24) is 10.6 Å². The van der Waals surface area contributed by atoms with Crippen LogP contribution in [-0.4, -0.2) is 31.2 Å². The van der Waals surface area contributed by atoms with Crippen molar-refractivity contribution in [3.8, 4) is 0 Å². The van der Waals surface area contributed by atoms with Crippen molar-refractivity contribution in [1.29, 1.82) is 0 Å². The van der Waals surface area contributed by atoms with Gasteiger partial charge >= 0.3 is 6.09 Å². The van der Waals surface area contributed by atoms with E-state index in [0.29, 0.717) is 6.41 Å². The Hall–Kier alpha value is -2.04. The van der Waals surface area contributed by atoms with Crippen molar-refractivity contribution in [2.24, 2.45) is 0 Å². The Labute approximate surface area is 160 Å². The van der Waals surface area contributed by atoms with Gasteiger partial charge in [0.05, 0.1) is 0 Å². The third kappa shape index (κ3) is 24.2. The van der Waals surface area contributed by atoms with Gasteiger partial charge in [-0.1, -0.05) is 64.4 Å². The van der Waals surface area contributed by atoms with Crippen LogP contribution < -0.4 is 10.6 Å². The first-order valence-electron chi connectivity index (χ1n) is 9.34. The van der Waals surface area contributed by atoms with Crippen LogP contribution >= 0.6 is 0 Å². The number of benzene rings is 1. The highest BCUT2D eigenvalue weighted by molar-refractivity contribution is 5.68. The van der Waals surface area contributed by atoms with Crippen molar-refractivity contribution in [2.75, 3.05) is 7.05 Å². The van der Waals surface area contributed by atoms with E-state index in [0.717, 1.165) is 6.42 Å². The van der Waals surface area contributed by atoms with Crippen molar-refractivity contribution in [3.63, 3.8) is 0 Å². The Morgan fingerprint density at radius 2 is 1.58 bits per heavy atom. The van der Waals surface area contributed by atoms with E-state index in [-0.39, 0.29) is 12.1 Å². The second-order valence-corrected chi connectivity index (χ2v) is 6.35. The van der Waals surface area contributed by atoms with Crippen LogP contribution in [-0.2, 0) is 16.0 Å². The van der Waals surface area contributed by atoms with E-state index in [1.807, 2.05) is 71.9 Å². The van der Waals surface area contributed by atoms with Crippen LogP contribution in [0.25, 0.3) is 0 Å². The molecule has 1 aromatic rings. The molecule has 2 amide bonds. The summed E-state index contributed by atoms with van der Waals surface area (Å²) in [7, 11) is 1.56. The molecule has 1 rings (SSSR count). The van der Waals surface area contributed by atoms with Gasteiger partial charge in [-0.25, -0.2) is 4.79 Å². The molecule has 0 aliphatic carbocycles. The fourth-order valence-corrected chi connectivity index (χ4v) is 1.53. The summed E-state index contributed by atoms with van der Waals surface area (Å²) < 4.78 is 5.20. The lowest BCUT2D eigenvalue weighted by molar-refractivity contribution is -0.109. The molecule has 152 valence electrons. The van der Waals surface area contributed by atoms with Crippen LogP contribution in [0.5, 0.6) is 0 Å². The van der Waals surface area contributed by atoms with Crippen LogP contribution in [0.1, 0.15) is 67.4 Å². The molecule has 0 heterocycles. The molecular formula is C21H40N2O3. The van der Waals surface area contributed by atoms with Crippen molar-refractivity contribution in [3.05, 3.63) is 35.9 Å². The zero-order valence-corrected chi connectivity index (χ0v) is 18.2. The largest absolute Gasteiger partial charge is 0.444 e. The third-order valence-corrected chi connectivity index (χ3v) is 2.27. The summed E-state index contributed by atoms with van der Waals surface area (Å²) in [6.45, 7) is 15.8. The van der Waals surface area contributed by atoms with Crippen LogP contribution in [0.3, 0.4) is 0 Å². The van der Waals surface area contributed by atoms with Gasteiger partial charge in [0.25, 0.3) is 0 Å². The van der Waals surface area contributed by atoms with Gasteiger partial charge in [0.15, 0.2) is 0 Å². The number of ether oxygens (including phenoxy) is 1. The average molecular weight is 369 g/mol. The van der Waals surface area contributed by atoms with E-state index in [4.69, 9.17) is 9.53 Å². The standard InChI is InChI=1S/C14H21NO2.C3H8.C2H5NO.C2H6/c1-11(10-12-8-6-5-7-9-12)15-13(16)17-14(2,3)4;1-3-2;1-3-2-4;1-2/h5-9,11H,10H2,1-4H3,(H,15,16);3H2,1-2H3;2H,1H3,(H,3,4);1-2H3. The number of carbonyl (C=O) groups is 2. The predicted molar refractivity (Wildman–Crippen MR) is 111 cm³/mol. The van der Waals surface area contributed by atoms with Gasteiger partial charge in [-0.05, 0) is 39.7 Å². The number of alkyl carbamates (subject to hydrolysis) is 1. The number of nitrogens with one attached hydrogen (secondary N) is 2. The van der Waals surface area contributed by atoms with Crippen molar-refractivity contribution < 1.29 is 14.3 Å². The Morgan fingerprint density at radius 1 is 1.15 bits per heavy atom. The lowest BCUT2D eigenvalue weighted by Gasteiger charge is -2.22. The fourth-order valence-electron chi connectivity index (χ4n) is 1.53. The Morgan fingerprint density at radius 3 is 1.92 bits per heavy atom. The highest BCUT2D eigenvalue weighted by Gasteiger charge is 2.17.